The van der Waals surface area contributed by atoms with Gasteiger partial charge in [0.15, 0.2) is 0 Å². The van der Waals surface area contributed by atoms with Crippen LogP contribution in [0, 0.1) is 13.8 Å². The van der Waals surface area contributed by atoms with Gasteiger partial charge in [0.05, 0.1) is 0 Å². The normalized spacial score (nSPS) is 14.5. The van der Waals surface area contributed by atoms with Gasteiger partial charge in [-0.2, -0.15) is 0 Å². The van der Waals surface area contributed by atoms with Crippen LogP contribution >= 0.6 is 0 Å². The molecule has 0 saturated carbocycles. The predicted molar refractivity (Wildman–Crippen MR) is 91.5 cm³/mol. The van der Waals surface area contributed by atoms with E-state index >= 15 is 0 Å². The third-order valence-electron chi connectivity index (χ3n) is 2.62. The first kappa shape index (κ1) is 27.1. The molecule has 0 N–H and O–H groups in total. The number of hydrogen-bond acceptors (Lipinski definition) is 6. The zero-order valence-electron chi connectivity index (χ0n) is 13.2. The Morgan fingerprint density at radius 3 is 1.08 bits per heavy atom. The van der Waals surface area contributed by atoms with Crippen LogP contribution in [0.4, 0.5) is 0 Å². The van der Waals surface area contributed by atoms with E-state index in [1.165, 1.54) is 24.3 Å². The second-order valence-electron chi connectivity index (χ2n) is 4.53. The van der Waals surface area contributed by atoms with Gasteiger partial charge >= 0.3 is 51.9 Å². The van der Waals surface area contributed by atoms with Crippen molar-refractivity contribution >= 4 is 39.9 Å². The quantitative estimate of drug-likeness (QED) is 0.435. The third-order valence-corrected chi connectivity index (χ3v) is 5.47. The average molecular weight is 594 g/mol. The Bertz CT molecular complexity index is 760. The van der Waals surface area contributed by atoms with Crippen LogP contribution in [0.3, 0.4) is 0 Å². The molecule has 0 aromatic heterocycles. The fourth-order valence-corrected chi connectivity index (χ4v) is 3.02. The molecule has 0 spiro atoms. The van der Waals surface area contributed by atoms with Crippen LogP contribution in [0.25, 0.3) is 0 Å². The number of rotatable bonds is 2. The summed E-state index contributed by atoms with van der Waals surface area (Å²) < 4.78 is 43.0. The minimum Gasteiger partial charge on any atom is -0.766 e. The van der Waals surface area contributed by atoms with E-state index in [2.05, 4.69) is 22.4 Å². The molecule has 10 heteroatoms. The Morgan fingerprint density at radius 2 is 0.917 bits per heavy atom. The summed E-state index contributed by atoms with van der Waals surface area (Å²) in [5.74, 6) is 0. The van der Waals surface area contributed by atoms with Gasteiger partial charge < -0.3 is 9.11 Å². The maximum absolute atomic E-state index is 10.8. The molecule has 2 rings (SSSR count). The van der Waals surface area contributed by atoms with Crippen molar-refractivity contribution in [3.8, 4) is 0 Å². The van der Waals surface area contributed by atoms with E-state index in [-0.39, 0.29) is 61.7 Å². The molecule has 0 aliphatic carbocycles. The van der Waals surface area contributed by atoms with E-state index < -0.39 is 17.5 Å². The summed E-state index contributed by atoms with van der Waals surface area (Å²) in [5.41, 5.74) is 2.04. The molecule has 2 aromatic carbocycles. The molecule has 0 heterocycles. The molecule has 24 heavy (non-hydrogen) atoms. The molecule has 0 amide bonds. The Balaban J connectivity index is 0. The summed E-state index contributed by atoms with van der Waals surface area (Å²) in [4.78, 5) is 0.385. The molecule has 2 unspecified atom stereocenters. The Labute approximate surface area is 190 Å². The number of aryl methyl sites for hydroxylation is 2. The molecule has 0 saturated heterocycles. The van der Waals surface area contributed by atoms with E-state index in [1.807, 2.05) is 13.8 Å². The molecule has 2 atom stereocenters. The SMILES string of the molecule is Cc1ccc(S(=O)([O-])=S)cc1.Cc1ccc(S(=O)([O-])=S)cc1.[Au+].[Na+]. The van der Waals surface area contributed by atoms with Gasteiger partial charge in [-0.3, -0.25) is 8.42 Å². The fraction of sp³-hybridized carbons (Fsp3) is 0.143. The molecule has 0 aliphatic rings. The maximum Gasteiger partial charge on any atom is 1.00 e. The fourth-order valence-electron chi connectivity index (χ4n) is 1.41. The van der Waals surface area contributed by atoms with Gasteiger partial charge in [0.2, 0.25) is 0 Å². The van der Waals surface area contributed by atoms with Gasteiger partial charge in [-0.1, -0.05) is 35.4 Å². The van der Waals surface area contributed by atoms with Gasteiger partial charge in [-0.05, 0) is 78.0 Å². The summed E-state index contributed by atoms with van der Waals surface area (Å²) >= 11 is 8.53. The Hall–Kier alpha value is 0.840. The summed E-state index contributed by atoms with van der Waals surface area (Å²) in [7, 11) is -6.87. The zero-order valence-corrected chi connectivity index (χ0v) is 20.6. The smallest absolute Gasteiger partial charge is 0.766 e. The van der Waals surface area contributed by atoms with Gasteiger partial charge in [0, 0.05) is 9.79 Å². The molecular formula is C14H14AuNaO4S4. The van der Waals surface area contributed by atoms with Gasteiger partial charge in [-0.15, -0.1) is 0 Å². The molecule has 0 aliphatic heterocycles. The van der Waals surface area contributed by atoms with E-state index in [0.29, 0.717) is 0 Å². The summed E-state index contributed by atoms with van der Waals surface area (Å²) in [6.07, 6.45) is 0. The molecule has 0 fully saturated rings. The maximum atomic E-state index is 10.8. The van der Waals surface area contributed by atoms with Gasteiger partial charge in [-0.25, -0.2) is 0 Å². The first-order chi connectivity index (χ1) is 10.00. The minimum atomic E-state index is -3.44. The summed E-state index contributed by atoms with van der Waals surface area (Å²) in [6, 6.07) is 12.9. The van der Waals surface area contributed by atoms with E-state index in [1.54, 1.807) is 24.3 Å². The van der Waals surface area contributed by atoms with Gasteiger partial charge in [0.1, 0.15) is 0 Å². The first-order valence-electron chi connectivity index (χ1n) is 6.05. The van der Waals surface area contributed by atoms with Crippen molar-refractivity contribution in [1.82, 2.24) is 0 Å². The van der Waals surface area contributed by atoms with Crippen LogP contribution in [0.15, 0.2) is 58.3 Å². The first-order valence-corrected chi connectivity index (χ1v) is 10.9. The summed E-state index contributed by atoms with van der Waals surface area (Å²) in [6.45, 7) is 3.78. The largest absolute Gasteiger partial charge is 1.00 e. The molecule has 4 nitrogen and oxygen atoms in total. The predicted octanol–water partition coefficient (Wildman–Crippen LogP) is -0.537. The van der Waals surface area contributed by atoms with Gasteiger partial charge in [0.25, 0.3) is 0 Å². The van der Waals surface area contributed by atoms with Crippen molar-refractivity contribution in [3.05, 3.63) is 59.7 Å². The second-order valence-corrected chi connectivity index (χ2v) is 9.93. The topological polar surface area (TPSA) is 80.3 Å². The monoisotopic (exact) mass is 594 g/mol. The van der Waals surface area contributed by atoms with Crippen LogP contribution in [0.1, 0.15) is 11.1 Å². The van der Waals surface area contributed by atoms with Crippen LogP contribution in [0.2, 0.25) is 0 Å². The van der Waals surface area contributed by atoms with Crippen LogP contribution < -0.4 is 29.6 Å². The van der Waals surface area contributed by atoms with Crippen molar-refractivity contribution in [2.24, 2.45) is 0 Å². The molecule has 0 bridgehead atoms. The van der Waals surface area contributed by atoms with Crippen molar-refractivity contribution in [3.63, 3.8) is 0 Å². The Morgan fingerprint density at radius 1 is 0.708 bits per heavy atom. The average Bonchev–Trinajstić information content (AvgIpc) is 2.38. The van der Waals surface area contributed by atoms with Crippen LogP contribution in [-0.4, -0.2) is 17.5 Å². The molecular weight excluding hydrogens is 580 g/mol. The minimum absolute atomic E-state index is 0. The zero-order chi connectivity index (χ0) is 17.0. The van der Waals surface area contributed by atoms with E-state index in [4.69, 9.17) is 0 Å². The number of benzene rings is 2. The summed E-state index contributed by atoms with van der Waals surface area (Å²) in [5, 5.41) is 0. The molecule has 0 radical (unpaired) electrons. The van der Waals surface area contributed by atoms with Crippen LogP contribution in [-0.2, 0) is 62.3 Å². The second kappa shape index (κ2) is 11.5. The van der Waals surface area contributed by atoms with Crippen molar-refractivity contribution in [1.29, 1.82) is 0 Å². The standard InChI is InChI=1S/2C7H8O2S2.Au.Na/c2*1-6-2-4-7(5-3-6)11(8,9)10;;/h2*2-5H,1H3,(H,8,9,10);;/q;;2*+1/p-2. The third kappa shape index (κ3) is 10.1. The number of hydrogen-bond donors (Lipinski definition) is 0. The Kier molecular flexibility index (Phi) is 13.0. The van der Waals surface area contributed by atoms with Crippen molar-refractivity contribution in [2.75, 3.05) is 0 Å². The van der Waals surface area contributed by atoms with Crippen molar-refractivity contribution < 1.29 is 69.5 Å². The van der Waals surface area contributed by atoms with Crippen molar-refractivity contribution in [2.45, 2.75) is 23.6 Å². The van der Waals surface area contributed by atoms with Crippen LogP contribution in [0.5, 0.6) is 0 Å². The molecule has 2 aromatic rings. The molecule has 130 valence electrons. The van der Waals surface area contributed by atoms with E-state index in [9.17, 15) is 17.5 Å². The van der Waals surface area contributed by atoms with E-state index in [0.717, 1.165) is 11.1 Å².